The number of carbonyl (C=O) groups excluding carboxylic acids is 2. The Morgan fingerprint density at radius 2 is 1.63 bits per heavy atom. The smallest absolute Gasteiger partial charge is 0.253 e. The predicted molar refractivity (Wildman–Crippen MR) is 188 cm³/mol. The molecule has 3 aromatic rings. The van der Waals surface area contributed by atoms with Gasteiger partial charge in [-0.1, -0.05) is 68.3 Å². The molecule has 0 radical (unpaired) electrons. The van der Waals surface area contributed by atoms with E-state index in [1.807, 2.05) is 69.3 Å². The van der Waals surface area contributed by atoms with Crippen molar-refractivity contribution in [1.82, 2.24) is 20.5 Å². The minimum absolute atomic E-state index is 0.00785. The molecular formula is C40H52N4O5. The van der Waals surface area contributed by atoms with E-state index in [0.29, 0.717) is 30.6 Å². The highest BCUT2D eigenvalue weighted by Crippen LogP contribution is 2.44. The van der Waals surface area contributed by atoms with E-state index in [9.17, 15) is 14.7 Å². The highest BCUT2D eigenvalue weighted by Gasteiger charge is 2.46. The number of likely N-dealkylation sites (tertiary alicyclic amines) is 1. The number of fused-ring (bicyclic) bond motifs is 1. The average molecular weight is 669 g/mol. The Morgan fingerprint density at radius 1 is 0.918 bits per heavy atom. The number of pyridine rings is 1. The molecule has 2 saturated heterocycles. The van der Waals surface area contributed by atoms with Crippen LogP contribution in [0.3, 0.4) is 0 Å². The van der Waals surface area contributed by atoms with Crippen LogP contribution in [0.2, 0.25) is 0 Å². The number of aromatic nitrogens is 1. The summed E-state index contributed by atoms with van der Waals surface area (Å²) in [5, 5.41) is 15.9. The van der Waals surface area contributed by atoms with Crippen molar-refractivity contribution in [2.24, 2.45) is 11.8 Å². The van der Waals surface area contributed by atoms with Crippen molar-refractivity contribution < 1.29 is 24.2 Å². The Kier molecular flexibility index (Phi) is 11.1. The fraction of sp³-hybridized carbons (Fsp3) is 0.525. The monoisotopic (exact) mass is 668 g/mol. The Balaban J connectivity index is 1.24. The summed E-state index contributed by atoms with van der Waals surface area (Å²) >= 11 is 0. The second-order valence-electron chi connectivity index (χ2n) is 15.1. The zero-order valence-electron chi connectivity index (χ0n) is 29.3. The molecule has 0 bridgehead atoms. The van der Waals surface area contributed by atoms with Gasteiger partial charge in [0.15, 0.2) is 6.29 Å². The lowest BCUT2D eigenvalue weighted by Gasteiger charge is -2.51. The van der Waals surface area contributed by atoms with Crippen molar-refractivity contribution in [2.75, 3.05) is 6.54 Å². The van der Waals surface area contributed by atoms with Crippen LogP contribution in [0.4, 0.5) is 0 Å². The van der Waals surface area contributed by atoms with Crippen LogP contribution >= 0.6 is 0 Å². The third kappa shape index (κ3) is 8.58. The van der Waals surface area contributed by atoms with Gasteiger partial charge in [-0.15, -0.1) is 0 Å². The first-order valence-corrected chi connectivity index (χ1v) is 17.9. The maximum absolute atomic E-state index is 13.8. The molecule has 3 heterocycles. The van der Waals surface area contributed by atoms with Crippen molar-refractivity contribution in [2.45, 2.75) is 115 Å². The van der Waals surface area contributed by atoms with E-state index in [0.717, 1.165) is 41.5 Å². The molecule has 9 heteroatoms. The minimum atomic E-state index is -0.614. The quantitative estimate of drug-likeness (QED) is 0.248. The number of nitrogens with zero attached hydrogens (tertiary/aromatic N) is 2. The van der Waals surface area contributed by atoms with Crippen LogP contribution in [-0.4, -0.2) is 57.1 Å². The lowest BCUT2D eigenvalue weighted by molar-refractivity contribution is -0.278. The molecular weight excluding hydrogens is 616 g/mol. The number of aliphatic hydroxyl groups is 1. The number of amides is 2. The molecule has 1 saturated carbocycles. The summed E-state index contributed by atoms with van der Waals surface area (Å²) in [6.45, 7) is 9.34. The number of hydrogen-bond donors (Lipinski definition) is 3. The third-order valence-electron chi connectivity index (χ3n) is 10.4. The number of benzene rings is 2. The van der Waals surface area contributed by atoms with Crippen LogP contribution in [0.1, 0.15) is 111 Å². The fourth-order valence-electron chi connectivity index (χ4n) is 7.84. The van der Waals surface area contributed by atoms with Crippen molar-refractivity contribution >= 4 is 11.8 Å². The second kappa shape index (κ2) is 15.5. The summed E-state index contributed by atoms with van der Waals surface area (Å²) in [6.07, 6.45) is 8.87. The van der Waals surface area contributed by atoms with Crippen LogP contribution < -0.4 is 10.6 Å². The summed E-state index contributed by atoms with van der Waals surface area (Å²) in [7, 11) is 0. The number of piperidine rings is 1. The zero-order chi connectivity index (χ0) is 34.5. The van der Waals surface area contributed by atoms with E-state index in [4.69, 9.17) is 9.47 Å². The molecule has 0 spiro atoms. The number of ether oxygens (including phenoxy) is 2. The van der Waals surface area contributed by atoms with Gasteiger partial charge in [0.2, 0.25) is 5.91 Å². The molecule has 262 valence electrons. The number of rotatable bonds is 9. The van der Waals surface area contributed by atoms with Crippen LogP contribution in [-0.2, 0) is 27.4 Å². The summed E-state index contributed by atoms with van der Waals surface area (Å²) in [5.74, 6) is 0.547. The lowest BCUT2D eigenvalue weighted by atomic mass is 9.75. The predicted octanol–water partition coefficient (Wildman–Crippen LogP) is 6.23. The van der Waals surface area contributed by atoms with Gasteiger partial charge in [-0.05, 0) is 81.2 Å². The largest absolute Gasteiger partial charge is 0.392 e. The van der Waals surface area contributed by atoms with E-state index in [2.05, 4.69) is 27.4 Å². The highest BCUT2D eigenvalue weighted by molar-refractivity contribution is 5.93. The molecule has 7 atom stereocenters. The van der Waals surface area contributed by atoms with Gasteiger partial charge in [-0.25, -0.2) is 0 Å². The van der Waals surface area contributed by atoms with E-state index < -0.39 is 6.29 Å². The lowest BCUT2D eigenvalue weighted by Crippen LogP contribution is -2.61. The van der Waals surface area contributed by atoms with Gasteiger partial charge in [-0.2, -0.15) is 0 Å². The standard InChI is InChI=1S/C40H52N4O5/c1-26-35(24-44-33-10-6-5-8-29(33)19-20-34(44)38(47)43-40(2,3)4)48-39(49-36(26)30-15-13-28(25-45)14-16-30)31-17-11-27(12-18-31)22-42-37(46)32-9-7-21-41-23-32/h7,9,11-18,21,23,26,29,33-36,39,45H,5-6,8,10,19-20,22,24-25H2,1-4H3,(H,42,46)(H,43,47)/t26-,29+,33+,34+,35+,36+,39+/m0/s1. The molecule has 0 unspecified atom stereocenters. The van der Waals surface area contributed by atoms with Crippen LogP contribution in [0.15, 0.2) is 73.1 Å². The number of hydrogen-bond acceptors (Lipinski definition) is 7. The first-order valence-electron chi connectivity index (χ1n) is 17.9. The van der Waals surface area contributed by atoms with Crippen molar-refractivity contribution in [3.8, 4) is 0 Å². The molecule has 3 aliphatic rings. The molecule has 9 nitrogen and oxygen atoms in total. The number of aliphatic hydroxyl groups excluding tert-OH is 1. The van der Waals surface area contributed by atoms with Gasteiger partial charge >= 0.3 is 0 Å². The minimum Gasteiger partial charge on any atom is -0.392 e. The van der Waals surface area contributed by atoms with Crippen molar-refractivity contribution in [1.29, 1.82) is 0 Å². The second-order valence-corrected chi connectivity index (χ2v) is 15.1. The van der Waals surface area contributed by atoms with Gasteiger partial charge in [0.1, 0.15) is 0 Å². The summed E-state index contributed by atoms with van der Waals surface area (Å²) in [6, 6.07) is 19.6. The van der Waals surface area contributed by atoms with Crippen LogP contribution in [0.25, 0.3) is 0 Å². The number of nitrogens with one attached hydrogen (secondary N) is 2. The van der Waals surface area contributed by atoms with Crippen molar-refractivity contribution in [3.05, 3.63) is 101 Å². The Hall–Kier alpha value is -3.63. The SMILES string of the molecule is C[C@H]1[C@@H](CN2[C@@H](C(=O)NC(C)(C)C)CC[C@H]3CCCC[C@H]32)O[C@@H](c2ccc(CNC(=O)c3cccnc3)cc2)O[C@H]1c1ccc(CO)cc1. The fourth-order valence-corrected chi connectivity index (χ4v) is 7.84. The first-order chi connectivity index (χ1) is 23.6. The first kappa shape index (κ1) is 35.2. The average Bonchev–Trinajstić information content (AvgIpc) is 3.11. The maximum atomic E-state index is 13.8. The van der Waals surface area contributed by atoms with Gasteiger partial charge < -0.3 is 25.2 Å². The van der Waals surface area contributed by atoms with Gasteiger partial charge in [-0.3, -0.25) is 19.5 Å². The summed E-state index contributed by atoms with van der Waals surface area (Å²) in [5.41, 5.74) is 3.96. The van der Waals surface area contributed by atoms with E-state index in [1.54, 1.807) is 24.5 Å². The van der Waals surface area contributed by atoms with Crippen LogP contribution in [0, 0.1) is 11.8 Å². The van der Waals surface area contributed by atoms with Crippen LogP contribution in [0.5, 0.6) is 0 Å². The molecule has 2 amide bonds. The van der Waals surface area contributed by atoms with Gasteiger partial charge in [0.05, 0.1) is 30.4 Å². The van der Waals surface area contributed by atoms with E-state index in [-0.39, 0.29) is 48.1 Å². The summed E-state index contributed by atoms with van der Waals surface area (Å²) < 4.78 is 13.6. The molecule has 49 heavy (non-hydrogen) atoms. The summed E-state index contributed by atoms with van der Waals surface area (Å²) in [4.78, 5) is 32.9. The zero-order valence-corrected chi connectivity index (χ0v) is 29.3. The molecule has 1 aliphatic carbocycles. The molecule has 3 N–H and O–H groups in total. The third-order valence-corrected chi connectivity index (χ3v) is 10.4. The Bertz CT molecular complexity index is 1540. The van der Waals surface area contributed by atoms with Gasteiger partial charge in [0, 0.05) is 48.5 Å². The Morgan fingerprint density at radius 3 is 2.33 bits per heavy atom. The maximum Gasteiger partial charge on any atom is 0.253 e. The molecule has 2 aliphatic heterocycles. The molecule has 2 aromatic carbocycles. The normalized spacial score (nSPS) is 27.6. The highest BCUT2D eigenvalue weighted by atomic mass is 16.7. The molecule has 3 fully saturated rings. The van der Waals surface area contributed by atoms with Gasteiger partial charge in [0.25, 0.3) is 5.91 Å². The molecule has 1 aromatic heterocycles. The van der Waals surface area contributed by atoms with E-state index in [1.165, 1.54) is 19.3 Å². The number of carbonyl (C=O) groups is 2. The molecule has 6 rings (SSSR count). The Labute approximate surface area is 290 Å². The topological polar surface area (TPSA) is 113 Å². The van der Waals surface area contributed by atoms with Crippen molar-refractivity contribution in [3.63, 3.8) is 0 Å². The van der Waals surface area contributed by atoms with E-state index >= 15 is 0 Å².